The van der Waals surface area contributed by atoms with Crippen molar-refractivity contribution in [1.29, 1.82) is 0 Å². The van der Waals surface area contributed by atoms with Crippen LogP contribution in [0.1, 0.15) is 24.8 Å². The fourth-order valence-corrected chi connectivity index (χ4v) is 5.67. The smallest absolute Gasteiger partial charge is 0.251 e. The molecular weight excluding hydrogens is 424 g/mol. The lowest BCUT2D eigenvalue weighted by Gasteiger charge is -2.34. The number of carbonyl (C=O) groups is 3. The molecule has 0 radical (unpaired) electrons. The van der Waals surface area contributed by atoms with Crippen LogP contribution in [0.2, 0.25) is 0 Å². The molecule has 2 atom stereocenters. The largest absolute Gasteiger partial charge is 0.369 e. The summed E-state index contributed by atoms with van der Waals surface area (Å²) in [5.74, 6) is -1.06. The summed E-state index contributed by atoms with van der Waals surface area (Å²) >= 11 is 1.62. The summed E-state index contributed by atoms with van der Waals surface area (Å²) in [5.41, 5.74) is 9.14. The first-order chi connectivity index (χ1) is 15.4. The van der Waals surface area contributed by atoms with Crippen LogP contribution in [-0.2, 0) is 14.4 Å². The number of nitrogens with zero attached hydrogens (tertiary/aromatic N) is 3. The Kier molecular flexibility index (Phi) is 5.27. The van der Waals surface area contributed by atoms with Crippen LogP contribution >= 0.6 is 11.3 Å². The number of likely N-dealkylation sites (tertiary alicyclic amines) is 1. The van der Waals surface area contributed by atoms with Gasteiger partial charge < -0.3 is 5.73 Å². The van der Waals surface area contributed by atoms with Crippen LogP contribution in [0.15, 0.2) is 42.5 Å². The van der Waals surface area contributed by atoms with E-state index in [4.69, 9.17) is 10.7 Å². The third kappa shape index (κ3) is 3.69. The van der Waals surface area contributed by atoms with E-state index in [2.05, 4.69) is 13.0 Å². The minimum atomic E-state index is -0.531. The maximum absolute atomic E-state index is 13.1. The number of primary amides is 1. The Labute approximate surface area is 189 Å². The van der Waals surface area contributed by atoms with E-state index in [-0.39, 0.29) is 30.1 Å². The van der Waals surface area contributed by atoms with Crippen molar-refractivity contribution >= 4 is 45.0 Å². The number of amides is 3. The lowest BCUT2D eigenvalue weighted by molar-refractivity contribution is -0.127. The van der Waals surface area contributed by atoms with Crippen molar-refractivity contribution in [3.05, 3.63) is 48.0 Å². The van der Waals surface area contributed by atoms with Crippen molar-refractivity contribution in [2.24, 2.45) is 11.7 Å². The van der Waals surface area contributed by atoms with Gasteiger partial charge in [-0.1, -0.05) is 6.07 Å². The Morgan fingerprint density at radius 3 is 2.69 bits per heavy atom. The van der Waals surface area contributed by atoms with Gasteiger partial charge in [0.2, 0.25) is 11.8 Å². The number of carbonyl (C=O) groups excluding carboxylic acids is 3. The number of piperidine rings is 1. The van der Waals surface area contributed by atoms with E-state index >= 15 is 0 Å². The van der Waals surface area contributed by atoms with Gasteiger partial charge in [-0.15, -0.1) is 11.3 Å². The van der Waals surface area contributed by atoms with Crippen LogP contribution in [0.3, 0.4) is 0 Å². The second-order valence-corrected chi connectivity index (χ2v) is 9.59. The molecule has 0 unspecified atom stereocenters. The van der Waals surface area contributed by atoms with Crippen molar-refractivity contribution in [3.63, 3.8) is 0 Å². The summed E-state index contributed by atoms with van der Waals surface area (Å²) in [4.78, 5) is 45.4. The lowest BCUT2D eigenvalue weighted by Crippen LogP contribution is -2.49. The van der Waals surface area contributed by atoms with Gasteiger partial charge in [0, 0.05) is 12.1 Å². The number of fused-ring (bicyclic) bond motifs is 1. The fourth-order valence-electron chi connectivity index (χ4n) is 4.60. The van der Waals surface area contributed by atoms with Gasteiger partial charge >= 0.3 is 0 Å². The van der Waals surface area contributed by atoms with E-state index in [0.29, 0.717) is 18.8 Å². The quantitative estimate of drug-likeness (QED) is 0.619. The highest BCUT2D eigenvalue weighted by Gasteiger charge is 2.44. The zero-order valence-electron chi connectivity index (χ0n) is 17.8. The zero-order valence-corrected chi connectivity index (χ0v) is 18.6. The highest BCUT2D eigenvalue weighted by atomic mass is 32.1. The van der Waals surface area contributed by atoms with Gasteiger partial charge in [0.25, 0.3) is 5.91 Å². The van der Waals surface area contributed by atoms with Crippen molar-refractivity contribution in [2.75, 3.05) is 18.0 Å². The van der Waals surface area contributed by atoms with E-state index in [1.165, 1.54) is 10.5 Å². The van der Waals surface area contributed by atoms with Crippen LogP contribution in [0.25, 0.3) is 20.8 Å². The SMILES string of the molecule is Cc1ccc2nc(-c3ccc(N4C(=O)C[C@@H](N5CCC[C@H](C(N)=O)C5)C4=O)cc3)sc2c1. The first-order valence-electron chi connectivity index (χ1n) is 10.8. The molecular formula is C24H24N4O3S. The van der Waals surface area contributed by atoms with Crippen molar-refractivity contribution in [2.45, 2.75) is 32.2 Å². The van der Waals surface area contributed by atoms with Gasteiger partial charge in [0.1, 0.15) is 5.01 Å². The van der Waals surface area contributed by atoms with E-state index in [9.17, 15) is 14.4 Å². The second kappa shape index (κ2) is 8.11. The maximum Gasteiger partial charge on any atom is 0.251 e. The Morgan fingerprint density at radius 1 is 1.16 bits per heavy atom. The average molecular weight is 449 g/mol. The van der Waals surface area contributed by atoms with E-state index in [1.54, 1.807) is 23.5 Å². The van der Waals surface area contributed by atoms with Gasteiger partial charge in [0.15, 0.2) is 0 Å². The molecule has 3 heterocycles. The molecule has 2 aromatic carbocycles. The number of benzene rings is 2. The summed E-state index contributed by atoms with van der Waals surface area (Å²) < 4.78 is 1.13. The number of hydrogen-bond acceptors (Lipinski definition) is 6. The van der Waals surface area contributed by atoms with E-state index in [1.807, 2.05) is 29.2 Å². The molecule has 2 fully saturated rings. The van der Waals surface area contributed by atoms with Crippen LogP contribution in [-0.4, -0.2) is 46.7 Å². The monoisotopic (exact) mass is 448 g/mol. The topological polar surface area (TPSA) is 96.6 Å². The Bertz CT molecular complexity index is 1220. The summed E-state index contributed by atoms with van der Waals surface area (Å²) in [6.45, 7) is 3.18. The maximum atomic E-state index is 13.1. The first-order valence-corrected chi connectivity index (χ1v) is 11.6. The van der Waals surface area contributed by atoms with Crippen LogP contribution in [0, 0.1) is 12.8 Å². The molecule has 2 N–H and O–H groups in total. The van der Waals surface area contributed by atoms with Crippen LogP contribution in [0.5, 0.6) is 0 Å². The number of imide groups is 1. The molecule has 32 heavy (non-hydrogen) atoms. The van der Waals surface area contributed by atoms with Crippen molar-refractivity contribution in [1.82, 2.24) is 9.88 Å². The second-order valence-electron chi connectivity index (χ2n) is 8.56. The molecule has 0 saturated carbocycles. The minimum absolute atomic E-state index is 0.128. The summed E-state index contributed by atoms with van der Waals surface area (Å²) in [7, 11) is 0. The Hall–Kier alpha value is -3.10. The van der Waals surface area contributed by atoms with Gasteiger partial charge in [-0.2, -0.15) is 0 Å². The zero-order chi connectivity index (χ0) is 22.4. The Balaban J connectivity index is 1.36. The predicted molar refractivity (Wildman–Crippen MR) is 124 cm³/mol. The Morgan fingerprint density at radius 2 is 1.94 bits per heavy atom. The number of nitrogens with two attached hydrogens (primary N) is 1. The molecule has 2 aliphatic rings. The molecule has 164 valence electrons. The highest BCUT2D eigenvalue weighted by molar-refractivity contribution is 7.21. The summed E-state index contributed by atoms with van der Waals surface area (Å²) in [5, 5.41) is 0.903. The lowest BCUT2D eigenvalue weighted by atomic mass is 9.96. The van der Waals surface area contributed by atoms with Crippen LogP contribution < -0.4 is 10.6 Å². The van der Waals surface area contributed by atoms with E-state index in [0.717, 1.165) is 33.6 Å². The standard InChI is InChI=1S/C24H24N4O3S/c1-14-4-9-18-20(11-14)32-23(26-18)15-5-7-17(8-6-15)28-21(29)12-19(24(28)31)27-10-2-3-16(13-27)22(25)30/h4-9,11,16,19H,2-3,10,12-13H2,1H3,(H2,25,30)/t16-,19+/m0/s1. The number of thiazole rings is 1. The molecule has 1 aromatic heterocycles. The van der Waals surface area contributed by atoms with Gasteiger partial charge in [-0.25, -0.2) is 9.88 Å². The number of anilines is 1. The van der Waals surface area contributed by atoms with Crippen LogP contribution in [0.4, 0.5) is 5.69 Å². The molecule has 0 bridgehead atoms. The molecule has 2 aliphatic heterocycles. The van der Waals surface area contributed by atoms with Gasteiger partial charge in [-0.3, -0.25) is 19.3 Å². The number of aromatic nitrogens is 1. The molecule has 5 rings (SSSR count). The molecule has 7 nitrogen and oxygen atoms in total. The minimum Gasteiger partial charge on any atom is -0.369 e. The fraction of sp³-hybridized carbons (Fsp3) is 0.333. The van der Waals surface area contributed by atoms with Gasteiger partial charge in [-0.05, 0) is 68.3 Å². The molecule has 2 saturated heterocycles. The van der Waals surface area contributed by atoms with Crippen molar-refractivity contribution < 1.29 is 14.4 Å². The molecule has 3 amide bonds. The number of aryl methyl sites for hydroxylation is 1. The molecule has 0 spiro atoms. The van der Waals surface area contributed by atoms with Crippen molar-refractivity contribution in [3.8, 4) is 10.6 Å². The number of hydrogen-bond donors (Lipinski definition) is 1. The summed E-state index contributed by atoms with van der Waals surface area (Å²) in [6.07, 6.45) is 1.66. The molecule has 8 heteroatoms. The first kappa shape index (κ1) is 20.8. The number of rotatable bonds is 4. The third-order valence-electron chi connectivity index (χ3n) is 6.34. The highest BCUT2D eigenvalue weighted by Crippen LogP contribution is 2.33. The average Bonchev–Trinajstić information content (AvgIpc) is 3.34. The molecule has 3 aromatic rings. The molecule has 0 aliphatic carbocycles. The predicted octanol–water partition coefficient (Wildman–Crippen LogP) is 3.10. The third-order valence-corrected chi connectivity index (χ3v) is 7.40. The van der Waals surface area contributed by atoms with Gasteiger partial charge in [0.05, 0.1) is 34.3 Å². The van der Waals surface area contributed by atoms with E-state index < -0.39 is 6.04 Å². The summed E-state index contributed by atoms with van der Waals surface area (Å²) in [6, 6.07) is 13.1. The normalized spacial score (nSPS) is 22.1.